The van der Waals surface area contributed by atoms with Crippen molar-refractivity contribution in [3.8, 4) is 0 Å². The van der Waals surface area contributed by atoms with Crippen LogP contribution in [0.3, 0.4) is 0 Å². The topological polar surface area (TPSA) is 110 Å². The molecule has 0 fully saturated rings. The summed E-state index contributed by atoms with van der Waals surface area (Å²) in [5.74, 6) is -1.62. The van der Waals surface area contributed by atoms with E-state index in [1.54, 1.807) is 19.1 Å². The molecule has 0 aliphatic heterocycles. The van der Waals surface area contributed by atoms with Crippen LogP contribution in [0.25, 0.3) is 0 Å². The third-order valence-electron chi connectivity index (χ3n) is 2.46. The average Bonchev–Trinajstić information content (AvgIpc) is 2.34. The minimum absolute atomic E-state index is 0.0145. The second-order valence-corrected chi connectivity index (χ2v) is 5.11. The van der Waals surface area contributed by atoms with Gasteiger partial charge in [-0.25, -0.2) is 4.79 Å². The molecule has 1 rings (SSSR count). The van der Waals surface area contributed by atoms with Crippen molar-refractivity contribution in [2.75, 3.05) is 5.75 Å². The van der Waals surface area contributed by atoms with Gasteiger partial charge in [0.1, 0.15) is 6.04 Å². The van der Waals surface area contributed by atoms with Gasteiger partial charge in [0.05, 0.1) is 9.82 Å². The molecule has 0 heterocycles. The van der Waals surface area contributed by atoms with Crippen molar-refractivity contribution < 1.29 is 19.6 Å². The van der Waals surface area contributed by atoms with E-state index < -0.39 is 22.8 Å². The van der Waals surface area contributed by atoms with Crippen LogP contribution in [0.2, 0.25) is 0 Å². The maximum Gasteiger partial charge on any atom is 0.327 e. The first kappa shape index (κ1) is 16.0. The van der Waals surface area contributed by atoms with Gasteiger partial charge in [0.25, 0.3) is 5.69 Å². The van der Waals surface area contributed by atoms with Crippen LogP contribution in [0.1, 0.15) is 12.5 Å². The first-order chi connectivity index (χ1) is 9.32. The third kappa shape index (κ3) is 4.23. The number of nitrogens with zero attached hydrogens (tertiary/aromatic N) is 1. The third-order valence-corrected chi connectivity index (χ3v) is 3.78. The molecule has 1 aromatic rings. The fourth-order valence-corrected chi connectivity index (χ4v) is 2.70. The van der Waals surface area contributed by atoms with E-state index >= 15 is 0 Å². The molecule has 0 bridgehead atoms. The molecule has 1 aromatic carbocycles. The number of benzene rings is 1. The van der Waals surface area contributed by atoms with Gasteiger partial charge in [-0.15, -0.1) is 11.8 Å². The zero-order valence-electron chi connectivity index (χ0n) is 11.0. The standard InChI is InChI=1S/C12H14N2O5S/c1-7-4-3-5-10(14(18)19)11(7)20-6-9(12(16)17)13-8(2)15/h3-5,9H,6H2,1-2H3,(H,13,15)(H,16,17)/t9-/m0/s1. The Kier molecular flexibility index (Phi) is 5.51. The first-order valence-electron chi connectivity index (χ1n) is 5.69. The number of carboxylic acids is 1. The molecular formula is C12H14N2O5S. The molecule has 0 aromatic heterocycles. The number of hydrogen-bond donors (Lipinski definition) is 2. The molecular weight excluding hydrogens is 284 g/mol. The highest BCUT2D eigenvalue weighted by molar-refractivity contribution is 7.99. The molecule has 1 amide bonds. The Labute approximate surface area is 119 Å². The SMILES string of the molecule is CC(=O)N[C@@H](CSc1c(C)cccc1[N+](=O)[O-])C(=O)O. The molecule has 0 aliphatic carbocycles. The maximum atomic E-state index is 11.0. The summed E-state index contributed by atoms with van der Waals surface area (Å²) in [6.45, 7) is 2.93. The van der Waals surface area contributed by atoms with Crippen LogP contribution in [-0.4, -0.2) is 33.7 Å². The molecule has 2 N–H and O–H groups in total. The normalized spacial score (nSPS) is 11.7. The average molecular weight is 298 g/mol. The Balaban J connectivity index is 2.90. The highest BCUT2D eigenvalue weighted by Gasteiger charge is 2.22. The Hall–Kier alpha value is -2.09. The molecule has 0 aliphatic rings. The van der Waals surface area contributed by atoms with Gasteiger partial charge in [-0.2, -0.15) is 0 Å². The van der Waals surface area contributed by atoms with E-state index in [0.29, 0.717) is 10.5 Å². The minimum atomic E-state index is -1.18. The molecule has 1 atom stereocenters. The van der Waals surface area contributed by atoms with Crippen molar-refractivity contribution in [1.29, 1.82) is 0 Å². The summed E-state index contributed by atoms with van der Waals surface area (Å²) >= 11 is 1.04. The molecule has 0 saturated heterocycles. The number of nitro benzene ring substituents is 1. The van der Waals surface area contributed by atoms with E-state index in [1.165, 1.54) is 13.0 Å². The van der Waals surface area contributed by atoms with Crippen LogP contribution in [-0.2, 0) is 9.59 Å². The summed E-state index contributed by atoms with van der Waals surface area (Å²) in [5, 5.41) is 22.2. The Morgan fingerprint density at radius 2 is 2.15 bits per heavy atom. The summed E-state index contributed by atoms with van der Waals surface area (Å²) in [4.78, 5) is 32.8. The predicted molar refractivity (Wildman–Crippen MR) is 73.8 cm³/mol. The minimum Gasteiger partial charge on any atom is -0.480 e. The van der Waals surface area contributed by atoms with Crippen molar-refractivity contribution in [1.82, 2.24) is 5.32 Å². The summed E-state index contributed by atoms with van der Waals surface area (Å²) in [6, 6.07) is 3.56. The first-order valence-corrected chi connectivity index (χ1v) is 6.68. The number of hydrogen-bond acceptors (Lipinski definition) is 5. The maximum absolute atomic E-state index is 11.0. The van der Waals surface area contributed by atoms with E-state index in [-0.39, 0.29) is 11.4 Å². The molecule has 0 spiro atoms. The van der Waals surface area contributed by atoms with Gasteiger partial charge in [0.2, 0.25) is 5.91 Å². The Bertz CT molecular complexity index is 547. The van der Waals surface area contributed by atoms with Gasteiger partial charge < -0.3 is 10.4 Å². The number of carbonyl (C=O) groups excluding carboxylic acids is 1. The fraction of sp³-hybridized carbons (Fsp3) is 0.333. The van der Waals surface area contributed by atoms with Crippen molar-refractivity contribution in [2.45, 2.75) is 24.8 Å². The van der Waals surface area contributed by atoms with E-state index in [4.69, 9.17) is 5.11 Å². The monoisotopic (exact) mass is 298 g/mol. The number of carbonyl (C=O) groups is 2. The van der Waals surface area contributed by atoms with E-state index in [1.807, 2.05) is 0 Å². The van der Waals surface area contributed by atoms with Gasteiger partial charge in [-0.1, -0.05) is 12.1 Å². The van der Waals surface area contributed by atoms with E-state index in [0.717, 1.165) is 11.8 Å². The fourth-order valence-electron chi connectivity index (χ4n) is 1.56. The van der Waals surface area contributed by atoms with E-state index in [9.17, 15) is 19.7 Å². The summed E-state index contributed by atoms with van der Waals surface area (Å²) in [6.07, 6.45) is 0. The van der Waals surface area contributed by atoms with Crippen LogP contribution in [0.4, 0.5) is 5.69 Å². The van der Waals surface area contributed by atoms with Gasteiger partial charge in [0.15, 0.2) is 0 Å². The summed E-state index contributed by atoms with van der Waals surface area (Å²) < 4.78 is 0. The lowest BCUT2D eigenvalue weighted by Crippen LogP contribution is -2.41. The van der Waals surface area contributed by atoms with Crippen LogP contribution in [0, 0.1) is 17.0 Å². The van der Waals surface area contributed by atoms with Gasteiger partial charge in [0, 0.05) is 18.7 Å². The van der Waals surface area contributed by atoms with Gasteiger partial charge in [-0.3, -0.25) is 14.9 Å². The van der Waals surface area contributed by atoms with Crippen LogP contribution >= 0.6 is 11.8 Å². The van der Waals surface area contributed by atoms with Crippen LogP contribution in [0.5, 0.6) is 0 Å². The Morgan fingerprint density at radius 1 is 1.50 bits per heavy atom. The smallest absolute Gasteiger partial charge is 0.327 e. The molecule has 0 unspecified atom stereocenters. The van der Waals surface area contributed by atoms with Crippen molar-refractivity contribution in [3.63, 3.8) is 0 Å². The van der Waals surface area contributed by atoms with Crippen molar-refractivity contribution >= 4 is 29.3 Å². The van der Waals surface area contributed by atoms with Crippen LogP contribution in [0.15, 0.2) is 23.1 Å². The van der Waals surface area contributed by atoms with Crippen molar-refractivity contribution in [3.05, 3.63) is 33.9 Å². The molecule has 7 nitrogen and oxygen atoms in total. The highest BCUT2D eigenvalue weighted by Crippen LogP contribution is 2.32. The second kappa shape index (κ2) is 6.90. The quantitative estimate of drug-likeness (QED) is 0.469. The second-order valence-electron chi connectivity index (χ2n) is 4.08. The zero-order valence-corrected chi connectivity index (χ0v) is 11.8. The largest absolute Gasteiger partial charge is 0.480 e. The zero-order chi connectivity index (χ0) is 15.3. The number of rotatable bonds is 6. The number of aliphatic carboxylic acids is 1. The van der Waals surface area contributed by atoms with E-state index in [2.05, 4.69) is 5.32 Å². The lowest BCUT2D eigenvalue weighted by molar-refractivity contribution is -0.387. The predicted octanol–water partition coefficient (Wildman–Crippen LogP) is 1.58. The number of carboxylic acid groups (broad SMARTS) is 1. The number of thioether (sulfide) groups is 1. The van der Waals surface area contributed by atoms with Crippen LogP contribution < -0.4 is 5.32 Å². The molecule has 108 valence electrons. The number of nitrogens with one attached hydrogen (secondary N) is 1. The molecule has 0 saturated carbocycles. The number of nitro groups is 1. The lowest BCUT2D eigenvalue weighted by Gasteiger charge is -2.13. The number of aryl methyl sites for hydroxylation is 1. The number of amides is 1. The Morgan fingerprint density at radius 3 is 2.65 bits per heavy atom. The molecule has 8 heteroatoms. The van der Waals surface area contributed by atoms with Gasteiger partial charge in [-0.05, 0) is 12.5 Å². The highest BCUT2D eigenvalue weighted by atomic mass is 32.2. The lowest BCUT2D eigenvalue weighted by atomic mass is 10.2. The summed E-state index contributed by atoms with van der Waals surface area (Å²) in [7, 11) is 0. The van der Waals surface area contributed by atoms with Gasteiger partial charge >= 0.3 is 5.97 Å². The molecule has 0 radical (unpaired) electrons. The summed E-state index contributed by atoms with van der Waals surface area (Å²) in [5.41, 5.74) is 0.623. The van der Waals surface area contributed by atoms with Crippen molar-refractivity contribution in [2.24, 2.45) is 0 Å². The molecule has 20 heavy (non-hydrogen) atoms.